The molecule has 25 heavy (non-hydrogen) atoms. The third-order valence-electron chi connectivity index (χ3n) is 5.58. The van der Waals surface area contributed by atoms with Gasteiger partial charge in [0, 0.05) is 19.5 Å². The minimum absolute atomic E-state index is 0.172. The van der Waals surface area contributed by atoms with Crippen molar-refractivity contribution < 1.29 is 14.3 Å². The number of carbonyl (C=O) groups excluding carboxylic acids is 2. The molecular weight excluding hydrogens is 316 g/mol. The van der Waals surface area contributed by atoms with E-state index in [-0.39, 0.29) is 17.4 Å². The van der Waals surface area contributed by atoms with Gasteiger partial charge in [-0.2, -0.15) is 0 Å². The Morgan fingerprint density at radius 2 is 1.88 bits per heavy atom. The summed E-state index contributed by atoms with van der Waals surface area (Å²) in [4.78, 5) is 29.0. The number of hydrogen-bond donors (Lipinski definition) is 0. The van der Waals surface area contributed by atoms with E-state index in [0.717, 1.165) is 51.7 Å². The van der Waals surface area contributed by atoms with Gasteiger partial charge in [-0.1, -0.05) is 30.3 Å². The number of hydrogen-bond acceptors (Lipinski definition) is 4. The van der Waals surface area contributed by atoms with Crippen molar-refractivity contribution in [2.75, 3.05) is 26.7 Å². The number of methoxy groups -OCH3 is 1. The summed E-state index contributed by atoms with van der Waals surface area (Å²) in [7, 11) is 1.42. The van der Waals surface area contributed by atoms with Gasteiger partial charge in [-0.15, -0.1) is 0 Å². The van der Waals surface area contributed by atoms with Gasteiger partial charge < -0.3 is 9.64 Å². The van der Waals surface area contributed by atoms with Crippen LogP contribution in [0, 0.1) is 0 Å². The van der Waals surface area contributed by atoms with E-state index >= 15 is 0 Å². The molecular formula is C20H28N2O3. The zero-order valence-electron chi connectivity index (χ0n) is 15.1. The first-order chi connectivity index (χ1) is 12.2. The lowest BCUT2D eigenvalue weighted by molar-refractivity contribution is -0.148. The van der Waals surface area contributed by atoms with Crippen molar-refractivity contribution in [2.45, 2.75) is 50.6 Å². The second-order valence-corrected chi connectivity index (χ2v) is 7.12. The number of benzene rings is 1. The van der Waals surface area contributed by atoms with E-state index in [9.17, 15) is 9.59 Å². The standard InChI is InChI=1S/C20H28N2O3/c1-25-18(23)10-5-14-22-15-7-12-20(22)11-6-13-21(19(20)24)16-17-8-3-2-4-9-17/h2-4,8-9H,5-7,10-16H2,1H3. The van der Waals surface area contributed by atoms with Crippen LogP contribution in [0.2, 0.25) is 0 Å². The molecule has 2 aliphatic heterocycles. The van der Waals surface area contributed by atoms with E-state index in [2.05, 4.69) is 17.0 Å². The second-order valence-electron chi connectivity index (χ2n) is 7.12. The summed E-state index contributed by atoms with van der Waals surface area (Å²) in [5.74, 6) is 0.104. The Kier molecular flexibility index (Phi) is 5.74. The fourth-order valence-electron chi connectivity index (χ4n) is 4.32. The van der Waals surface area contributed by atoms with Gasteiger partial charge in [0.2, 0.25) is 5.91 Å². The van der Waals surface area contributed by atoms with E-state index in [0.29, 0.717) is 13.0 Å². The molecule has 1 amide bonds. The molecule has 1 aromatic rings. The first-order valence-electron chi connectivity index (χ1n) is 9.31. The summed E-state index contributed by atoms with van der Waals surface area (Å²) in [6.07, 6.45) is 5.16. The van der Waals surface area contributed by atoms with E-state index in [1.807, 2.05) is 23.1 Å². The van der Waals surface area contributed by atoms with Crippen LogP contribution in [0.5, 0.6) is 0 Å². The normalized spacial score (nSPS) is 24.0. The molecule has 0 radical (unpaired) electrons. The predicted octanol–water partition coefficient (Wildman–Crippen LogP) is 2.60. The molecule has 1 spiro atoms. The molecule has 2 saturated heterocycles. The fraction of sp³-hybridized carbons (Fsp3) is 0.600. The summed E-state index contributed by atoms with van der Waals surface area (Å²) >= 11 is 0. The average Bonchev–Trinajstić information content (AvgIpc) is 3.03. The SMILES string of the molecule is COC(=O)CCCN1CCCC12CCCN(Cc1ccccc1)C2=O. The molecule has 1 atom stereocenters. The topological polar surface area (TPSA) is 49.9 Å². The minimum atomic E-state index is -0.344. The van der Waals surface area contributed by atoms with Crippen molar-refractivity contribution in [3.63, 3.8) is 0 Å². The zero-order valence-corrected chi connectivity index (χ0v) is 15.1. The van der Waals surface area contributed by atoms with Crippen molar-refractivity contribution >= 4 is 11.9 Å². The Hall–Kier alpha value is -1.88. The van der Waals surface area contributed by atoms with Crippen molar-refractivity contribution in [3.05, 3.63) is 35.9 Å². The van der Waals surface area contributed by atoms with E-state index in [1.54, 1.807) is 0 Å². The van der Waals surface area contributed by atoms with Gasteiger partial charge in [-0.3, -0.25) is 14.5 Å². The fourth-order valence-corrected chi connectivity index (χ4v) is 4.32. The van der Waals surface area contributed by atoms with Crippen LogP contribution < -0.4 is 0 Å². The Morgan fingerprint density at radius 1 is 1.16 bits per heavy atom. The minimum Gasteiger partial charge on any atom is -0.469 e. The Balaban J connectivity index is 1.66. The largest absolute Gasteiger partial charge is 0.469 e. The molecule has 0 aromatic heterocycles. The van der Waals surface area contributed by atoms with Gasteiger partial charge >= 0.3 is 5.97 Å². The lowest BCUT2D eigenvalue weighted by Gasteiger charge is -2.44. The number of rotatable bonds is 6. The molecule has 2 heterocycles. The highest BCUT2D eigenvalue weighted by Crippen LogP contribution is 2.38. The molecule has 5 nitrogen and oxygen atoms in total. The molecule has 1 aromatic carbocycles. The third kappa shape index (κ3) is 3.87. The molecule has 0 N–H and O–H groups in total. The molecule has 1 unspecified atom stereocenters. The van der Waals surface area contributed by atoms with E-state index in [4.69, 9.17) is 4.74 Å². The third-order valence-corrected chi connectivity index (χ3v) is 5.58. The van der Waals surface area contributed by atoms with Gasteiger partial charge in [0.15, 0.2) is 0 Å². The number of amides is 1. The summed E-state index contributed by atoms with van der Waals surface area (Å²) < 4.78 is 4.72. The van der Waals surface area contributed by atoms with Gasteiger partial charge in [-0.25, -0.2) is 0 Å². The zero-order chi connectivity index (χ0) is 17.7. The van der Waals surface area contributed by atoms with Crippen LogP contribution in [0.15, 0.2) is 30.3 Å². The van der Waals surface area contributed by atoms with Gasteiger partial charge in [0.05, 0.1) is 7.11 Å². The Labute approximate surface area is 149 Å². The van der Waals surface area contributed by atoms with Crippen molar-refractivity contribution in [1.82, 2.24) is 9.80 Å². The lowest BCUT2D eigenvalue weighted by atomic mass is 9.85. The second kappa shape index (κ2) is 8.00. The summed E-state index contributed by atoms with van der Waals surface area (Å²) in [6.45, 7) is 3.27. The maximum absolute atomic E-state index is 13.3. The van der Waals surface area contributed by atoms with E-state index < -0.39 is 0 Å². The number of carbonyl (C=O) groups is 2. The van der Waals surface area contributed by atoms with Crippen molar-refractivity contribution in [2.24, 2.45) is 0 Å². The molecule has 2 aliphatic rings. The number of piperidine rings is 1. The van der Waals surface area contributed by atoms with Gasteiger partial charge in [0.1, 0.15) is 5.54 Å². The molecule has 0 bridgehead atoms. The van der Waals surface area contributed by atoms with Crippen LogP contribution in [0.4, 0.5) is 0 Å². The van der Waals surface area contributed by atoms with Crippen LogP contribution in [0.25, 0.3) is 0 Å². The van der Waals surface area contributed by atoms with Crippen molar-refractivity contribution in [3.8, 4) is 0 Å². The molecule has 0 aliphatic carbocycles. The summed E-state index contributed by atoms with van der Waals surface area (Å²) in [6, 6.07) is 10.2. The first kappa shape index (κ1) is 17.9. The molecule has 136 valence electrons. The highest BCUT2D eigenvalue weighted by molar-refractivity contribution is 5.87. The quantitative estimate of drug-likeness (QED) is 0.745. The summed E-state index contributed by atoms with van der Waals surface area (Å²) in [5, 5.41) is 0. The van der Waals surface area contributed by atoms with Crippen LogP contribution in [0.3, 0.4) is 0 Å². The van der Waals surface area contributed by atoms with Gasteiger partial charge in [-0.05, 0) is 50.8 Å². The van der Waals surface area contributed by atoms with Gasteiger partial charge in [0.25, 0.3) is 0 Å². The van der Waals surface area contributed by atoms with Crippen LogP contribution >= 0.6 is 0 Å². The van der Waals surface area contributed by atoms with Crippen molar-refractivity contribution in [1.29, 1.82) is 0 Å². The summed E-state index contributed by atoms with van der Waals surface area (Å²) in [5.41, 5.74) is 0.839. The number of esters is 1. The first-order valence-corrected chi connectivity index (χ1v) is 9.31. The monoisotopic (exact) mass is 344 g/mol. The van der Waals surface area contributed by atoms with Crippen LogP contribution in [-0.4, -0.2) is 54.0 Å². The molecule has 5 heteroatoms. The number of nitrogens with zero attached hydrogens (tertiary/aromatic N) is 2. The highest BCUT2D eigenvalue weighted by atomic mass is 16.5. The molecule has 2 fully saturated rings. The van der Waals surface area contributed by atoms with Crippen LogP contribution in [0.1, 0.15) is 44.1 Å². The van der Waals surface area contributed by atoms with E-state index in [1.165, 1.54) is 12.7 Å². The number of likely N-dealkylation sites (tertiary alicyclic amines) is 2. The number of ether oxygens (including phenoxy) is 1. The maximum Gasteiger partial charge on any atom is 0.305 e. The Bertz CT molecular complexity index is 604. The smallest absolute Gasteiger partial charge is 0.305 e. The molecule has 3 rings (SSSR count). The average molecular weight is 344 g/mol. The molecule has 0 saturated carbocycles. The predicted molar refractivity (Wildman–Crippen MR) is 95.9 cm³/mol. The highest BCUT2D eigenvalue weighted by Gasteiger charge is 2.50. The maximum atomic E-state index is 13.3. The Morgan fingerprint density at radius 3 is 2.60 bits per heavy atom. The lowest BCUT2D eigenvalue weighted by Crippen LogP contribution is -2.59. The van der Waals surface area contributed by atoms with Crippen LogP contribution in [-0.2, 0) is 20.9 Å².